The number of aryl methyl sites for hydroxylation is 1. The van der Waals surface area contributed by atoms with Crippen molar-refractivity contribution < 1.29 is 17.7 Å². The number of hydrogen-bond acceptors (Lipinski definition) is 5. The molecule has 0 aliphatic rings. The van der Waals surface area contributed by atoms with E-state index in [9.17, 15) is 13.2 Å². The smallest absolute Gasteiger partial charge is 0.359 e. The van der Waals surface area contributed by atoms with E-state index in [0.717, 1.165) is 28.8 Å². The highest BCUT2D eigenvalue weighted by Crippen LogP contribution is 2.29. The molecule has 0 spiro atoms. The van der Waals surface area contributed by atoms with Crippen molar-refractivity contribution in [2.24, 2.45) is 4.99 Å². The Bertz CT molecular complexity index is 686. The highest BCUT2D eigenvalue weighted by molar-refractivity contribution is 14.0. The van der Waals surface area contributed by atoms with Crippen LogP contribution in [0.1, 0.15) is 29.1 Å². The zero-order chi connectivity index (χ0) is 17.6. The topological polar surface area (TPSA) is 75.3 Å². The van der Waals surface area contributed by atoms with Gasteiger partial charge in [0.15, 0.2) is 17.4 Å². The molecule has 25 heavy (non-hydrogen) atoms. The van der Waals surface area contributed by atoms with Crippen LogP contribution in [0.4, 0.5) is 13.2 Å². The summed E-state index contributed by atoms with van der Waals surface area (Å²) in [5, 5.41) is 11.4. The SMILES string of the molecule is CCc1cc(CNC(=NC)NCCc2nc(C(F)(F)F)cs2)on1.I. The molecule has 0 aromatic carbocycles. The molecule has 0 unspecified atom stereocenters. The molecule has 2 aromatic rings. The van der Waals surface area contributed by atoms with Crippen LogP contribution in [0.2, 0.25) is 0 Å². The second-order valence-electron chi connectivity index (χ2n) is 4.86. The van der Waals surface area contributed by atoms with E-state index in [-0.39, 0.29) is 24.0 Å². The summed E-state index contributed by atoms with van der Waals surface area (Å²) in [6.45, 7) is 2.82. The first-order valence-corrected chi connectivity index (χ1v) is 8.21. The minimum absolute atomic E-state index is 0. The molecule has 2 aromatic heterocycles. The van der Waals surface area contributed by atoms with Gasteiger partial charge in [-0.3, -0.25) is 4.99 Å². The molecule has 0 aliphatic carbocycles. The van der Waals surface area contributed by atoms with Gasteiger partial charge in [-0.25, -0.2) is 4.98 Å². The predicted octanol–water partition coefficient (Wildman–Crippen LogP) is 3.24. The van der Waals surface area contributed by atoms with Crippen molar-refractivity contribution in [1.82, 2.24) is 20.8 Å². The molecule has 2 rings (SSSR count). The van der Waals surface area contributed by atoms with Crippen LogP contribution in [0, 0.1) is 0 Å². The van der Waals surface area contributed by atoms with Crippen LogP contribution in [0.25, 0.3) is 0 Å². The van der Waals surface area contributed by atoms with E-state index < -0.39 is 11.9 Å². The van der Waals surface area contributed by atoms with E-state index in [1.807, 2.05) is 13.0 Å². The number of aliphatic imine (C=N–C) groups is 1. The Kier molecular flexibility index (Phi) is 8.62. The zero-order valence-electron chi connectivity index (χ0n) is 13.7. The Morgan fingerprint density at radius 2 is 2.12 bits per heavy atom. The minimum Gasteiger partial charge on any atom is -0.359 e. The van der Waals surface area contributed by atoms with Gasteiger partial charge < -0.3 is 15.2 Å². The standard InChI is InChI=1S/C14H18F3N5OS.HI/c1-3-9-6-10(23-22-9)7-20-13(18-2)19-5-4-12-21-11(8-24-12)14(15,16)17;/h6,8H,3-5,7H2,1-2H3,(H2,18,19,20);1H. The van der Waals surface area contributed by atoms with Gasteiger partial charge in [0, 0.05) is 31.5 Å². The van der Waals surface area contributed by atoms with Crippen LogP contribution in [-0.2, 0) is 25.6 Å². The summed E-state index contributed by atoms with van der Waals surface area (Å²) in [5.41, 5.74) is 0.0287. The van der Waals surface area contributed by atoms with E-state index >= 15 is 0 Å². The molecule has 0 bridgehead atoms. The summed E-state index contributed by atoms with van der Waals surface area (Å²) in [6.07, 6.45) is -3.22. The molecule has 0 saturated heterocycles. The average Bonchev–Trinajstić information content (AvgIpc) is 3.19. The number of guanidine groups is 1. The summed E-state index contributed by atoms with van der Waals surface area (Å²) in [7, 11) is 1.61. The van der Waals surface area contributed by atoms with Crippen molar-refractivity contribution in [2.75, 3.05) is 13.6 Å². The lowest BCUT2D eigenvalue weighted by molar-refractivity contribution is -0.140. The van der Waals surface area contributed by atoms with E-state index in [4.69, 9.17) is 4.52 Å². The number of nitrogens with zero attached hydrogens (tertiary/aromatic N) is 3. The zero-order valence-corrected chi connectivity index (χ0v) is 16.8. The fourth-order valence-corrected chi connectivity index (χ4v) is 2.65. The van der Waals surface area contributed by atoms with Crippen LogP contribution in [0.3, 0.4) is 0 Å². The monoisotopic (exact) mass is 489 g/mol. The van der Waals surface area contributed by atoms with Gasteiger partial charge in [-0.05, 0) is 6.42 Å². The summed E-state index contributed by atoms with van der Waals surface area (Å²) < 4.78 is 42.6. The molecular formula is C14H19F3IN5OS. The third-order valence-corrected chi connectivity index (χ3v) is 4.01. The molecule has 0 aliphatic heterocycles. The minimum atomic E-state index is -4.39. The van der Waals surface area contributed by atoms with Gasteiger partial charge in [0.1, 0.15) is 0 Å². The Morgan fingerprint density at radius 1 is 1.36 bits per heavy atom. The molecule has 0 atom stereocenters. The summed E-state index contributed by atoms with van der Waals surface area (Å²) in [4.78, 5) is 7.62. The fraction of sp³-hybridized carbons (Fsp3) is 0.500. The van der Waals surface area contributed by atoms with E-state index in [0.29, 0.717) is 36.2 Å². The first-order valence-electron chi connectivity index (χ1n) is 7.33. The molecule has 6 nitrogen and oxygen atoms in total. The van der Waals surface area contributed by atoms with Crippen molar-refractivity contribution >= 4 is 41.3 Å². The van der Waals surface area contributed by atoms with Crippen LogP contribution < -0.4 is 10.6 Å². The van der Waals surface area contributed by atoms with Crippen LogP contribution in [0.5, 0.6) is 0 Å². The van der Waals surface area contributed by atoms with Gasteiger partial charge in [0.2, 0.25) is 0 Å². The molecule has 0 radical (unpaired) electrons. The van der Waals surface area contributed by atoms with Gasteiger partial charge in [-0.2, -0.15) is 13.2 Å². The third-order valence-electron chi connectivity index (χ3n) is 3.10. The maximum Gasteiger partial charge on any atom is 0.434 e. The van der Waals surface area contributed by atoms with E-state index in [1.165, 1.54) is 0 Å². The molecule has 2 heterocycles. The summed E-state index contributed by atoms with van der Waals surface area (Å²) >= 11 is 0.996. The lowest BCUT2D eigenvalue weighted by atomic mass is 10.3. The van der Waals surface area contributed by atoms with E-state index in [1.54, 1.807) is 7.05 Å². The van der Waals surface area contributed by atoms with Gasteiger partial charge in [0.25, 0.3) is 0 Å². The number of rotatable bonds is 6. The number of halogens is 4. The third kappa shape index (κ3) is 6.80. The van der Waals surface area contributed by atoms with Gasteiger partial charge in [0.05, 0.1) is 17.2 Å². The number of aromatic nitrogens is 2. The lowest BCUT2D eigenvalue weighted by Crippen LogP contribution is -2.37. The molecule has 11 heteroatoms. The first kappa shape index (κ1) is 21.7. The fourth-order valence-electron chi connectivity index (χ4n) is 1.84. The van der Waals surface area contributed by atoms with Gasteiger partial charge in [-0.15, -0.1) is 35.3 Å². The Hall–Kier alpha value is -1.37. The van der Waals surface area contributed by atoms with Crippen molar-refractivity contribution in [3.63, 3.8) is 0 Å². The Balaban J connectivity index is 0.00000312. The maximum atomic E-state index is 12.5. The highest BCUT2D eigenvalue weighted by atomic mass is 127. The quantitative estimate of drug-likeness (QED) is 0.371. The molecular weight excluding hydrogens is 470 g/mol. The Morgan fingerprint density at radius 3 is 2.68 bits per heavy atom. The second kappa shape index (κ2) is 9.94. The number of hydrogen-bond donors (Lipinski definition) is 2. The summed E-state index contributed by atoms with van der Waals surface area (Å²) in [6, 6.07) is 1.86. The van der Waals surface area contributed by atoms with Gasteiger partial charge in [-0.1, -0.05) is 12.1 Å². The van der Waals surface area contributed by atoms with Gasteiger partial charge >= 0.3 is 6.18 Å². The van der Waals surface area contributed by atoms with Crippen LogP contribution >= 0.6 is 35.3 Å². The highest BCUT2D eigenvalue weighted by Gasteiger charge is 2.33. The molecule has 0 amide bonds. The lowest BCUT2D eigenvalue weighted by Gasteiger charge is -2.09. The van der Waals surface area contributed by atoms with Crippen molar-refractivity contribution in [2.45, 2.75) is 32.5 Å². The molecule has 0 saturated carbocycles. The van der Waals surface area contributed by atoms with Crippen LogP contribution in [-0.4, -0.2) is 29.7 Å². The largest absolute Gasteiger partial charge is 0.434 e. The molecule has 140 valence electrons. The van der Waals surface area contributed by atoms with Crippen molar-refractivity contribution in [3.05, 3.63) is 33.6 Å². The normalized spacial score (nSPS) is 12.0. The molecule has 0 fully saturated rings. The molecule has 2 N–H and O–H groups in total. The number of alkyl halides is 3. The average molecular weight is 489 g/mol. The number of nitrogens with one attached hydrogen (secondary N) is 2. The van der Waals surface area contributed by atoms with Crippen molar-refractivity contribution in [1.29, 1.82) is 0 Å². The maximum absolute atomic E-state index is 12.5. The van der Waals surface area contributed by atoms with Crippen molar-refractivity contribution in [3.8, 4) is 0 Å². The second-order valence-corrected chi connectivity index (χ2v) is 5.81. The first-order chi connectivity index (χ1) is 11.4. The van der Waals surface area contributed by atoms with E-state index in [2.05, 4.69) is 25.8 Å². The predicted molar refractivity (Wildman–Crippen MR) is 100 cm³/mol. The van der Waals surface area contributed by atoms with Crippen LogP contribution in [0.15, 0.2) is 21.0 Å². The number of thiazole rings is 1. The Labute approximate surface area is 164 Å². The summed E-state index contributed by atoms with van der Waals surface area (Å²) in [5.74, 6) is 1.21.